The van der Waals surface area contributed by atoms with Crippen molar-refractivity contribution in [3.63, 3.8) is 0 Å². The number of hydrogen-bond donors (Lipinski definition) is 1. The van der Waals surface area contributed by atoms with Crippen molar-refractivity contribution in [2.75, 3.05) is 24.6 Å². The first-order valence-corrected chi connectivity index (χ1v) is 19.2. The van der Waals surface area contributed by atoms with Crippen LogP contribution in [-0.2, 0) is 16.9 Å². The maximum atomic E-state index is 10.2. The monoisotopic (exact) mass is 784 g/mol. The lowest BCUT2D eigenvalue weighted by atomic mass is 9.86. The number of unbranched alkanes of at least 4 members (excludes halogenated alkanes) is 2. The molecule has 2 heterocycles. The highest BCUT2D eigenvalue weighted by Crippen LogP contribution is 2.47. The Morgan fingerprint density at radius 3 is 2.30 bits per heavy atom. The van der Waals surface area contributed by atoms with E-state index in [4.69, 9.17) is 9.47 Å². The Morgan fingerprint density at radius 2 is 1.62 bits per heavy atom. The molecule has 53 heavy (non-hydrogen) atoms. The lowest BCUT2D eigenvalue weighted by Crippen LogP contribution is -2.25. The number of nitriles is 3. The zero-order valence-electron chi connectivity index (χ0n) is 29.9. The molecule has 0 fully saturated rings. The smallest absolute Gasteiger partial charge is 0.172 e. The first-order chi connectivity index (χ1) is 25.8. The van der Waals surface area contributed by atoms with Crippen molar-refractivity contribution in [2.45, 2.75) is 51.7 Å². The van der Waals surface area contributed by atoms with Gasteiger partial charge in [0.1, 0.15) is 36.1 Å². The molecule has 7 nitrogen and oxygen atoms in total. The summed E-state index contributed by atoms with van der Waals surface area (Å²) in [6, 6.07) is 34.1. The van der Waals surface area contributed by atoms with Crippen LogP contribution in [0.4, 0.5) is 5.69 Å². The van der Waals surface area contributed by atoms with Crippen molar-refractivity contribution in [3.8, 4) is 24.0 Å². The van der Waals surface area contributed by atoms with Gasteiger partial charge >= 0.3 is 0 Å². The van der Waals surface area contributed by atoms with E-state index in [1.54, 1.807) is 11.3 Å². The molecule has 0 saturated carbocycles. The number of ether oxygens (including phenoxy) is 2. The third kappa shape index (κ3) is 9.74. The molecule has 1 N–H and O–H groups in total. The van der Waals surface area contributed by atoms with Gasteiger partial charge in [-0.2, -0.15) is 15.8 Å². The van der Waals surface area contributed by atoms with Crippen LogP contribution < -0.4 is 9.64 Å². The lowest BCUT2D eigenvalue weighted by molar-refractivity contribution is 0.0755. The highest BCUT2D eigenvalue weighted by atomic mass is 79.9. The van der Waals surface area contributed by atoms with E-state index in [9.17, 15) is 20.9 Å². The minimum Gasteiger partial charge on any atom is -0.488 e. The standard InChI is InChI=1S/C44H41BrN4O3S/c1-3-4-23-49(24-8-9-25-50)37-17-15-33(42(27-37)51-31-32-11-6-5-7-12-32)16-18-38-19-20-39(53-38)21-22-41-40(30-48)43(34(28-46)29-47)52-44(41,2)35-13-10-14-36(45)26-35/h5-7,10-22,26-27,50H,3-4,8-9,23-25,31H2,1-2H3/b18-16+,22-21+. The first kappa shape index (κ1) is 38.9. The summed E-state index contributed by atoms with van der Waals surface area (Å²) < 4.78 is 13.6. The molecule has 268 valence electrons. The van der Waals surface area contributed by atoms with Gasteiger partial charge in [0.05, 0.1) is 0 Å². The predicted octanol–water partition coefficient (Wildman–Crippen LogP) is 10.7. The van der Waals surface area contributed by atoms with Gasteiger partial charge in [-0.1, -0.05) is 77.8 Å². The normalized spacial score (nSPS) is 15.3. The first-order valence-electron chi connectivity index (χ1n) is 17.6. The Bertz CT molecular complexity index is 2130. The highest BCUT2D eigenvalue weighted by molar-refractivity contribution is 9.10. The van der Waals surface area contributed by atoms with E-state index in [0.29, 0.717) is 12.2 Å². The summed E-state index contributed by atoms with van der Waals surface area (Å²) in [5.41, 5.74) is 3.30. The molecule has 9 heteroatoms. The second kappa shape index (κ2) is 18.9. The Kier molecular flexibility index (Phi) is 13.9. The van der Waals surface area contributed by atoms with Gasteiger partial charge in [-0.15, -0.1) is 11.3 Å². The molecule has 1 aliphatic rings. The second-order valence-corrected chi connectivity index (χ2v) is 14.7. The Hall–Kier alpha value is -5.37. The van der Waals surface area contributed by atoms with Crippen molar-refractivity contribution in [1.82, 2.24) is 0 Å². The van der Waals surface area contributed by atoms with Crippen LogP contribution in [0.1, 0.15) is 66.0 Å². The SMILES string of the molecule is CCCCN(CCCCO)c1ccc(/C=C/c2ccc(/C=C/C3=C(C#N)C(=C(C#N)C#N)OC3(C)c3cccc(Br)c3)s2)c(OCc2ccccc2)c1. The predicted molar refractivity (Wildman–Crippen MR) is 216 cm³/mol. The van der Waals surface area contributed by atoms with E-state index in [1.165, 1.54) is 0 Å². The topological polar surface area (TPSA) is 113 Å². The molecule has 1 unspecified atom stereocenters. The number of allylic oxidation sites excluding steroid dienone is 2. The van der Waals surface area contributed by atoms with Crippen molar-refractivity contribution in [2.24, 2.45) is 0 Å². The summed E-state index contributed by atoms with van der Waals surface area (Å²) >= 11 is 5.12. The second-order valence-electron chi connectivity index (χ2n) is 12.6. The summed E-state index contributed by atoms with van der Waals surface area (Å²) in [4.78, 5) is 4.36. The van der Waals surface area contributed by atoms with Gasteiger partial charge in [0.25, 0.3) is 0 Å². The molecule has 4 aromatic rings. The number of benzene rings is 3. The largest absolute Gasteiger partial charge is 0.488 e. The van der Waals surface area contributed by atoms with Crippen LogP contribution >= 0.6 is 27.3 Å². The molecule has 0 saturated heterocycles. The Labute approximate surface area is 324 Å². The van der Waals surface area contributed by atoms with Crippen molar-refractivity contribution >= 4 is 51.2 Å². The highest BCUT2D eigenvalue weighted by Gasteiger charge is 2.44. The van der Waals surface area contributed by atoms with Crippen LogP contribution in [0.2, 0.25) is 0 Å². The third-order valence-electron chi connectivity index (χ3n) is 8.96. The van der Waals surface area contributed by atoms with Gasteiger partial charge in [-0.25, -0.2) is 0 Å². The molecule has 5 rings (SSSR count). The summed E-state index contributed by atoms with van der Waals surface area (Å²) in [6.07, 6.45) is 11.8. The van der Waals surface area contributed by atoms with Gasteiger partial charge < -0.3 is 19.5 Å². The minimum atomic E-state index is -1.10. The molecule has 0 radical (unpaired) electrons. The zero-order valence-corrected chi connectivity index (χ0v) is 32.3. The quantitative estimate of drug-likeness (QED) is 0.0889. The number of aliphatic hydroxyl groups excluding tert-OH is 1. The van der Waals surface area contributed by atoms with Crippen molar-refractivity contribution < 1.29 is 14.6 Å². The molecule has 3 aromatic carbocycles. The number of thiophene rings is 1. The van der Waals surface area contributed by atoms with E-state index < -0.39 is 5.60 Å². The number of anilines is 1. The van der Waals surface area contributed by atoms with Crippen LogP contribution in [0.3, 0.4) is 0 Å². The number of rotatable bonds is 16. The molecular weight excluding hydrogens is 744 g/mol. The number of aliphatic hydroxyl groups is 1. The molecule has 1 aromatic heterocycles. The van der Waals surface area contributed by atoms with Crippen LogP contribution in [0, 0.1) is 34.0 Å². The van der Waals surface area contributed by atoms with E-state index in [1.807, 2.05) is 85.8 Å². The number of nitrogens with zero attached hydrogens (tertiary/aromatic N) is 4. The van der Waals surface area contributed by atoms with Crippen LogP contribution in [0.5, 0.6) is 5.75 Å². The van der Waals surface area contributed by atoms with E-state index in [-0.39, 0.29) is 23.5 Å². The number of hydrogen-bond acceptors (Lipinski definition) is 8. The maximum absolute atomic E-state index is 10.2. The Morgan fingerprint density at radius 1 is 0.887 bits per heavy atom. The van der Waals surface area contributed by atoms with Gasteiger partial charge in [-0.3, -0.25) is 0 Å². The van der Waals surface area contributed by atoms with Gasteiger partial charge in [0.2, 0.25) is 0 Å². The van der Waals surface area contributed by atoms with E-state index >= 15 is 0 Å². The maximum Gasteiger partial charge on any atom is 0.172 e. The summed E-state index contributed by atoms with van der Waals surface area (Å²) in [6.45, 7) is 6.49. The molecule has 0 spiro atoms. The summed E-state index contributed by atoms with van der Waals surface area (Å²) in [5, 5.41) is 38.8. The average molecular weight is 786 g/mol. The molecule has 0 aliphatic carbocycles. The fourth-order valence-electron chi connectivity index (χ4n) is 6.06. The number of halogens is 1. The summed E-state index contributed by atoms with van der Waals surface area (Å²) in [7, 11) is 0. The molecule has 1 atom stereocenters. The zero-order chi connectivity index (χ0) is 37.6. The minimum absolute atomic E-state index is 0.00984. The van der Waals surface area contributed by atoms with Crippen LogP contribution in [0.25, 0.3) is 18.2 Å². The van der Waals surface area contributed by atoms with E-state index in [0.717, 1.165) is 81.1 Å². The average Bonchev–Trinajstić information content (AvgIpc) is 3.76. The van der Waals surface area contributed by atoms with Gasteiger partial charge in [0.15, 0.2) is 16.9 Å². The fourth-order valence-corrected chi connectivity index (χ4v) is 7.28. The summed E-state index contributed by atoms with van der Waals surface area (Å²) in [5.74, 6) is 0.786. The molecule has 1 aliphatic heterocycles. The van der Waals surface area contributed by atoms with E-state index in [2.05, 4.69) is 76.3 Å². The van der Waals surface area contributed by atoms with Gasteiger partial charge in [-0.05, 0) is 86.4 Å². The van der Waals surface area contributed by atoms with Crippen molar-refractivity contribution in [1.29, 1.82) is 15.8 Å². The molecule has 0 bridgehead atoms. The van der Waals surface area contributed by atoms with Crippen molar-refractivity contribution in [3.05, 3.63) is 144 Å². The van der Waals surface area contributed by atoms with Gasteiger partial charge in [0, 0.05) is 62.4 Å². The van der Waals surface area contributed by atoms with Crippen LogP contribution in [0.15, 0.2) is 118 Å². The third-order valence-corrected chi connectivity index (χ3v) is 10.5. The fraction of sp³-hybridized carbons (Fsp3) is 0.250. The van der Waals surface area contributed by atoms with Crippen LogP contribution in [-0.4, -0.2) is 24.8 Å². The molecule has 0 amide bonds. The Balaban J connectivity index is 1.44. The lowest BCUT2D eigenvalue weighted by Gasteiger charge is -2.27. The molecular formula is C44H41BrN4O3S.